The van der Waals surface area contributed by atoms with Crippen LogP contribution in [-0.4, -0.2) is 34.5 Å². The number of amides is 1. The van der Waals surface area contributed by atoms with Crippen molar-refractivity contribution < 1.29 is 4.79 Å². The molecule has 0 spiro atoms. The van der Waals surface area contributed by atoms with Gasteiger partial charge in [0.2, 0.25) is 11.9 Å². The summed E-state index contributed by atoms with van der Waals surface area (Å²) >= 11 is 0. The molecule has 0 bridgehead atoms. The van der Waals surface area contributed by atoms with Crippen LogP contribution in [0.25, 0.3) is 0 Å². The molecule has 1 aliphatic heterocycles. The van der Waals surface area contributed by atoms with Gasteiger partial charge in [0, 0.05) is 24.8 Å². The predicted molar refractivity (Wildman–Crippen MR) is 65.6 cm³/mol. The fourth-order valence-corrected chi connectivity index (χ4v) is 1.99. The summed E-state index contributed by atoms with van der Waals surface area (Å²) in [7, 11) is 0. The molecule has 92 valence electrons. The third-order valence-electron chi connectivity index (χ3n) is 3.07. The number of nitrogens with one attached hydrogen (secondary N) is 1. The SMILES string of the molecule is Cc1cnc(N)nc1N1CCNC(=O)C1(C)C. The summed E-state index contributed by atoms with van der Waals surface area (Å²) in [5, 5.41) is 2.85. The lowest BCUT2D eigenvalue weighted by molar-refractivity contribution is -0.126. The Morgan fingerprint density at radius 3 is 2.94 bits per heavy atom. The van der Waals surface area contributed by atoms with Crippen LogP contribution in [0.3, 0.4) is 0 Å². The molecule has 6 heteroatoms. The standard InChI is InChI=1S/C11H17N5O/c1-7-6-14-10(12)15-8(7)16-5-4-13-9(17)11(16,2)3/h6H,4-5H2,1-3H3,(H,13,17)(H2,12,14,15). The molecule has 0 unspecified atom stereocenters. The summed E-state index contributed by atoms with van der Waals surface area (Å²) < 4.78 is 0. The van der Waals surface area contributed by atoms with E-state index in [0.29, 0.717) is 6.54 Å². The van der Waals surface area contributed by atoms with Crippen LogP contribution in [0.5, 0.6) is 0 Å². The molecule has 1 fully saturated rings. The molecule has 1 amide bonds. The number of carbonyl (C=O) groups is 1. The molecular weight excluding hydrogens is 218 g/mol. The number of piperazine rings is 1. The van der Waals surface area contributed by atoms with Crippen LogP contribution in [0, 0.1) is 6.92 Å². The van der Waals surface area contributed by atoms with E-state index in [1.165, 1.54) is 0 Å². The zero-order valence-electron chi connectivity index (χ0n) is 10.3. The predicted octanol–water partition coefficient (Wildman–Crippen LogP) is 0.0820. The van der Waals surface area contributed by atoms with Crippen molar-refractivity contribution in [1.82, 2.24) is 15.3 Å². The first-order valence-electron chi connectivity index (χ1n) is 5.58. The molecule has 2 rings (SSSR count). The highest BCUT2D eigenvalue weighted by molar-refractivity contribution is 5.90. The zero-order valence-corrected chi connectivity index (χ0v) is 10.3. The van der Waals surface area contributed by atoms with E-state index >= 15 is 0 Å². The Kier molecular flexibility index (Phi) is 2.65. The fraction of sp³-hybridized carbons (Fsp3) is 0.545. The highest BCUT2D eigenvalue weighted by Gasteiger charge is 2.39. The van der Waals surface area contributed by atoms with Crippen LogP contribution in [0.1, 0.15) is 19.4 Å². The van der Waals surface area contributed by atoms with Gasteiger partial charge in [-0.15, -0.1) is 0 Å². The van der Waals surface area contributed by atoms with Crippen molar-refractivity contribution in [2.75, 3.05) is 23.7 Å². The van der Waals surface area contributed by atoms with Gasteiger partial charge in [-0.25, -0.2) is 4.98 Å². The van der Waals surface area contributed by atoms with Gasteiger partial charge in [0.25, 0.3) is 0 Å². The molecular formula is C11H17N5O. The Bertz CT molecular complexity index is 457. The number of nitrogen functional groups attached to an aromatic ring is 1. The monoisotopic (exact) mass is 235 g/mol. The van der Waals surface area contributed by atoms with Crippen LogP contribution < -0.4 is 16.0 Å². The Morgan fingerprint density at radius 1 is 1.53 bits per heavy atom. The molecule has 3 N–H and O–H groups in total. The minimum atomic E-state index is -0.621. The van der Waals surface area contributed by atoms with E-state index in [1.807, 2.05) is 25.7 Å². The average Bonchev–Trinajstić information content (AvgIpc) is 2.26. The Morgan fingerprint density at radius 2 is 2.24 bits per heavy atom. The van der Waals surface area contributed by atoms with Crippen molar-refractivity contribution in [1.29, 1.82) is 0 Å². The van der Waals surface area contributed by atoms with Crippen molar-refractivity contribution in [3.63, 3.8) is 0 Å². The molecule has 1 aliphatic rings. The molecule has 1 saturated heterocycles. The van der Waals surface area contributed by atoms with Crippen molar-refractivity contribution >= 4 is 17.7 Å². The lowest BCUT2D eigenvalue weighted by Gasteiger charge is -2.42. The van der Waals surface area contributed by atoms with E-state index in [-0.39, 0.29) is 11.9 Å². The van der Waals surface area contributed by atoms with E-state index in [0.717, 1.165) is 17.9 Å². The zero-order chi connectivity index (χ0) is 12.6. The van der Waals surface area contributed by atoms with E-state index in [4.69, 9.17) is 5.73 Å². The Labute approximate surface area is 100 Å². The van der Waals surface area contributed by atoms with Crippen LogP contribution in [0.4, 0.5) is 11.8 Å². The molecule has 0 radical (unpaired) electrons. The lowest BCUT2D eigenvalue weighted by Crippen LogP contribution is -2.62. The maximum Gasteiger partial charge on any atom is 0.245 e. The summed E-state index contributed by atoms with van der Waals surface area (Å²) in [4.78, 5) is 22.0. The molecule has 0 atom stereocenters. The van der Waals surface area contributed by atoms with E-state index < -0.39 is 5.54 Å². The second kappa shape index (κ2) is 3.87. The average molecular weight is 235 g/mol. The minimum Gasteiger partial charge on any atom is -0.368 e. The molecule has 1 aromatic heterocycles. The van der Waals surface area contributed by atoms with Crippen molar-refractivity contribution in [3.05, 3.63) is 11.8 Å². The van der Waals surface area contributed by atoms with Gasteiger partial charge in [-0.05, 0) is 20.8 Å². The van der Waals surface area contributed by atoms with Gasteiger partial charge in [0.1, 0.15) is 11.4 Å². The molecule has 2 heterocycles. The number of hydrogen-bond acceptors (Lipinski definition) is 5. The molecule has 1 aromatic rings. The summed E-state index contributed by atoms with van der Waals surface area (Å²) in [6.45, 7) is 7.00. The second-order valence-electron chi connectivity index (χ2n) is 4.70. The third kappa shape index (κ3) is 1.90. The van der Waals surface area contributed by atoms with Crippen LogP contribution in [0.2, 0.25) is 0 Å². The molecule has 0 aliphatic carbocycles. The number of carbonyl (C=O) groups excluding carboxylic acids is 1. The number of rotatable bonds is 1. The number of hydrogen-bond donors (Lipinski definition) is 2. The van der Waals surface area contributed by atoms with E-state index in [9.17, 15) is 4.79 Å². The quantitative estimate of drug-likeness (QED) is 0.720. The molecule has 0 aromatic carbocycles. The first kappa shape index (κ1) is 11.6. The van der Waals surface area contributed by atoms with Gasteiger partial charge >= 0.3 is 0 Å². The number of anilines is 2. The lowest BCUT2D eigenvalue weighted by atomic mass is 9.98. The largest absolute Gasteiger partial charge is 0.368 e. The van der Waals surface area contributed by atoms with Gasteiger partial charge < -0.3 is 16.0 Å². The van der Waals surface area contributed by atoms with Crippen LogP contribution in [-0.2, 0) is 4.79 Å². The van der Waals surface area contributed by atoms with Crippen LogP contribution in [0.15, 0.2) is 6.20 Å². The number of nitrogens with two attached hydrogens (primary N) is 1. The summed E-state index contributed by atoms with van der Waals surface area (Å²) in [6, 6.07) is 0. The Hall–Kier alpha value is -1.85. The minimum absolute atomic E-state index is 0.000309. The normalized spacial score (nSPS) is 19.0. The number of aromatic nitrogens is 2. The fourth-order valence-electron chi connectivity index (χ4n) is 1.99. The summed E-state index contributed by atoms with van der Waals surface area (Å²) in [5.41, 5.74) is 5.91. The highest BCUT2D eigenvalue weighted by Crippen LogP contribution is 2.27. The van der Waals surface area contributed by atoms with Gasteiger partial charge in [0.15, 0.2) is 0 Å². The maximum absolute atomic E-state index is 11.9. The highest BCUT2D eigenvalue weighted by atomic mass is 16.2. The van der Waals surface area contributed by atoms with Crippen molar-refractivity contribution in [3.8, 4) is 0 Å². The van der Waals surface area contributed by atoms with Crippen LogP contribution >= 0.6 is 0 Å². The molecule has 17 heavy (non-hydrogen) atoms. The topological polar surface area (TPSA) is 84.1 Å². The summed E-state index contributed by atoms with van der Waals surface area (Å²) in [5.74, 6) is 0.963. The number of aryl methyl sites for hydroxylation is 1. The van der Waals surface area contributed by atoms with E-state index in [2.05, 4.69) is 15.3 Å². The van der Waals surface area contributed by atoms with Crippen molar-refractivity contribution in [2.24, 2.45) is 0 Å². The van der Waals surface area contributed by atoms with Gasteiger partial charge in [0.05, 0.1) is 0 Å². The van der Waals surface area contributed by atoms with E-state index in [1.54, 1.807) is 6.20 Å². The first-order chi connectivity index (χ1) is 7.93. The second-order valence-corrected chi connectivity index (χ2v) is 4.70. The molecule has 6 nitrogen and oxygen atoms in total. The third-order valence-corrected chi connectivity index (χ3v) is 3.07. The first-order valence-corrected chi connectivity index (χ1v) is 5.58. The smallest absolute Gasteiger partial charge is 0.245 e. The Balaban J connectivity index is 2.44. The van der Waals surface area contributed by atoms with Gasteiger partial charge in [-0.2, -0.15) is 4.98 Å². The van der Waals surface area contributed by atoms with Gasteiger partial charge in [-0.1, -0.05) is 0 Å². The van der Waals surface area contributed by atoms with Crippen molar-refractivity contribution in [2.45, 2.75) is 26.3 Å². The maximum atomic E-state index is 11.9. The van der Waals surface area contributed by atoms with Gasteiger partial charge in [-0.3, -0.25) is 4.79 Å². The summed E-state index contributed by atoms with van der Waals surface area (Å²) in [6.07, 6.45) is 1.68. The molecule has 0 saturated carbocycles. The number of nitrogens with zero attached hydrogens (tertiary/aromatic N) is 3.